The number of hydrogen-bond acceptors (Lipinski definition) is 3. The molecular formula is C18H20O3. The van der Waals surface area contributed by atoms with Crippen molar-refractivity contribution in [2.75, 3.05) is 0 Å². The van der Waals surface area contributed by atoms with Crippen molar-refractivity contribution < 1.29 is 14.9 Å². The summed E-state index contributed by atoms with van der Waals surface area (Å²) in [6.07, 6.45) is -0.179. The second-order valence-corrected chi connectivity index (χ2v) is 5.90. The van der Waals surface area contributed by atoms with E-state index in [0.717, 1.165) is 33.6 Å². The molecule has 1 aliphatic rings. The summed E-state index contributed by atoms with van der Waals surface area (Å²) in [6.45, 7) is 5.76. The minimum atomic E-state index is -0.520. The molecule has 2 atom stereocenters. The van der Waals surface area contributed by atoms with Crippen LogP contribution in [0.15, 0.2) is 30.3 Å². The lowest BCUT2D eigenvalue weighted by atomic mass is 9.92. The Bertz CT molecular complexity index is 668. The molecule has 1 aliphatic heterocycles. The summed E-state index contributed by atoms with van der Waals surface area (Å²) < 4.78 is 6.05. The molecule has 0 spiro atoms. The minimum Gasteiger partial charge on any atom is -0.507 e. The molecule has 0 fully saturated rings. The molecule has 0 aliphatic carbocycles. The van der Waals surface area contributed by atoms with Crippen molar-refractivity contribution >= 4 is 0 Å². The average molecular weight is 284 g/mol. The van der Waals surface area contributed by atoms with Gasteiger partial charge in [0.15, 0.2) is 0 Å². The van der Waals surface area contributed by atoms with E-state index in [2.05, 4.69) is 0 Å². The number of ether oxygens (including phenoxy) is 1. The third kappa shape index (κ3) is 2.49. The molecule has 0 amide bonds. The van der Waals surface area contributed by atoms with Crippen LogP contribution in [0, 0.1) is 20.8 Å². The summed E-state index contributed by atoms with van der Waals surface area (Å²) in [7, 11) is 0. The van der Waals surface area contributed by atoms with E-state index in [1.54, 1.807) is 0 Å². The summed E-state index contributed by atoms with van der Waals surface area (Å²) in [5, 5.41) is 20.3. The fraction of sp³-hybridized carbons (Fsp3) is 0.333. The molecule has 0 bridgehead atoms. The number of fused-ring (bicyclic) bond motifs is 1. The molecule has 3 nitrogen and oxygen atoms in total. The van der Waals surface area contributed by atoms with Gasteiger partial charge in [-0.25, -0.2) is 0 Å². The third-order valence-corrected chi connectivity index (χ3v) is 4.12. The molecule has 0 radical (unpaired) electrons. The lowest BCUT2D eigenvalue weighted by Crippen LogP contribution is -2.19. The molecule has 0 saturated carbocycles. The molecule has 0 aromatic heterocycles. The molecule has 1 heterocycles. The fourth-order valence-corrected chi connectivity index (χ4v) is 2.95. The molecule has 21 heavy (non-hydrogen) atoms. The van der Waals surface area contributed by atoms with E-state index in [4.69, 9.17) is 4.74 Å². The lowest BCUT2D eigenvalue weighted by Gasteiger charge is -2.30. The maximum absolute atomic E-state index is 10.4. The predicted molar refractivity (Wildman–Crippen MR) is 81.7 cm³/mol. The highest BCUT2D eigenvalue weighted by Crippen LogP contribution is 2.42. The first-order chi connectivity index (χ1) is 9.95. The van der Waals surface area contributed by atoms with E-state index in [1.807, 2.05) is 51.1 Å². The monoisotopic (exact) mass is 284 g/mol. The van der Waals surface area contributed by atoms with Crippen LogP contribution in [0.4, 0.5) is 0 Å². The van der Waals surface area contributed by atoms with Gasteiger partial charge < -0.3 is 14.9 Å². The van der Waals surface area contributed by atoms with Crippen LogP contribution in [0.5, 0.6) is 11.5 Å². The number of rotatable bonds is 1. The first-order valence-corrected chi connectivity index (χ1v) is 7.21. The molecular weight excluding hydrogens is 264 g/mol. The van der Waals surface area contributed by atoms with Gasteiger partial charge in [0.05, 0.1) is 6.10 Å². The molecule has 1 unspecified atom stereocenters. The Kier molecular flexibility index (Phi) is 3.38. The van der Waals surface area contributed by atoms with E-state index >= 15 is 0 Å². The SMILES string of the molecule is Cc1ccc2c(c1)[C@@H](O)CC(c1cc(C)c(O)c(C)c1)O2. The van der Waals surface area contributed by atoms with Crippen LogP contribution in [0.2, 0.25) is 0 Å². The van der Waals surface area contributed by atoms with E-state index in [-0.39, 0.29) is 6.10 Å². The first kappa shape index (κ1) is 14.0. The third-order valence-electron chi connectivity index (χ3n) is 4.12. The summed E-state index contributed by atoms with van der Waals surface area (Å²) in [5.41, 5.74) is 4.63. The molecule has 3 heteroatoms. The topological polar surface area (TPSA) is 49.7 Å². The first-order valence-electron chi connectivity index (χ1n) is 7.21. The Morgan fingerprint density at radius 1 is 1.05 bits per heavy atom. The van der Waals surface area contributed by atoms with Crippen molar-refractivity contribution in [1.29, 1.82) is 0 Å². The van der Waals surface area contributed by atoms with Crippen molar-refractivity contribution in [1.82, 2.24) is 0 Å². The van der Waals surface area contributed by atoms with Gasteiger partial charge in [-0.2, -0.15) is 0 Å². The Hall–Kier alpha value is -2.00. The Morgan fingerprint density at radius 3 is 2.38 bits per heavy atom. The van der Waals surface area contributed by atoms with Crippen LogP contribution in [0.25, 0.3) is 0 Å². The van der Waals surface area contributed by atoms with Gasteiger partial charge >= 0.3 is 0 Å². The van der Waals surface area contributed by atoms with Crippen molar-refractivity contribution in [3.05, 3.63) is 58.1 Å². The van der Waals surface area contributed by atoms with E-state index in [9.17, 15) is 10.2 Å². The molecule has 110 valence electrons. The summed E-state index contributed by atoms with van der Waals surface area (Å²) in [4.78, 5) is 0. The van der Waals surface area contributed by atoms with Gasteiger partial charge in [0.25, 0.3) is 0 Å². The normalized spacial score (nSPS) is 20.8. The Labute approximate surface area is 124 Å². The molecule has 2 N–H and O–H groups in total. The predicted octanol–water partition coefficient (Wildman–Crippen LogP) is 3.87. The van der Waals surface area contributed by atoms with Gasteiger partial charge in [0.1, 0.15) is 17.6 Å². The van der Waals surface area contributed by atoms with E-state index in [1.165, 1.54) is 0 Å². The number of phenolic OH excluding ortho intramolecular Hbond substituents is 1. The standard InChI is InChI=1S/C18H20O3/c1-10-4-5-16-14(6-10)15(19)9-17(21-16)13-7-11(2)18(20)12(3)8-13/h4-8,15,17,19-20H,9H2,1-3H3/t15-,17?/m0/s1. The molecule has 2 aromatic carbocycles. The number of phenols is 1. The Morgan fingerprint density at radius 2 is 1.71 bits per heavy atom. The van der Waals surface area contributed by atoms with Crippen molar-refractivity contribution in [2.24, 2.45) is 0 Å². The Balaban J connectivity index is 1.98. The smallest absolute Gasteiger partial charge is 0.127 e. The van der Waals surface area contributed by atoms with Gasteiger partial charge in [0, 0.05) is 12.0 Å². The highest BCUT2D eigenvalue weighted by molar-refractivity contribution is 5.45. The van der Waals surface area contributed by atoms with Crippen LogP contribution in [-0.4, -0.2) is 10.2 Å². The van der Waals surface area contributed by atoms with Gasteiger partial charge in [-0.1, -0.05) is 11.6 Å². The second kappa shape index (κ2) is 5.08. The maximum Gasteiger partial charge on any atom is 0.127 e. The molecule has 0 saturated heterocycles. The molecule has 2 aromatic rings. The van der Waals surface area contributed by atoms with E-state index in [0.29, 0.717) is 12.2 Å². The van der Waals surface area contributed by atoms with Crippen LogP contribution in [-0.2, 0) is 0 Å². The van der Waals surface area contributed by atoms with Crippen LogP contribution >= 0.6 is 0 Å². The maximum atomic E-state index is 10.4. The van der Waals surface area contributed by atoms with Crippen LogP contribution < -0.4 is 4.74 Å². The highest BCUT2D eigenvalue weighted by atomic mass is 16.5. The number of aryl methyl sites for hydroxylation is 3. The highest BCUT2D eigenvalue weighted by Gasteiger charge is 2.28. The van der Waals surface area contributed by atoms with Crippen LogP contribution in [0.1, 0.15) is 46.4 Å². The fourth-order valence-electron chi connectivity index (χ4n) is 2.95. The summed E-state index contributed by atoms with van der Waals surface area (Å²) in [5.74, 6) is 1.07. The largest absolute Gasteiger partial charge is 0.507 e. The van der Waals surface area contributed by atoms with E-state index < -0.39 is 6.10 Å². The number of aliphatic hydroxyl groups excluding tert-OH is 1. The van der Waals surface area contributed by atoms with Gasteiger partial charge in [-0.05, 0) is 61.7 Å². The minimum absolute atomic E-state index is 0.187. The summed E-state index contributed by atoms with van der Waals surface area (Å²) >= 11 is 0. The molecule has 3 rings (SSSR count). The zero-order valence-corrected chi connectivity index (χ0v) is 12.6. The zero-order chi connectivity index (χ0) is 15.1. The zero-order valence-electron chi connectivity index (χ0n) is 12.6. The van der Waals surface area contributed by atoms with Crippen molar-refractivity contribution in [3.63, 3.8) is 0 Å². The van der Waals surface area contributed by atoms with Gasteiger partial charge in [-0.15, -0.1) is 0 Å². The number of aliphatic hydroxyl groups is 1. The lowest BCUT2D eigenvalue weighted by molar-refractivity contribution is 0.0656. The van der Waals surface area contributed by atoms with Crippen molar-refractivity contribution in [2.45, 2.75) is 39.4 Å². The summed E-state index contributed by atoms with van der Waals surface area (Å²) in [6, 6.07) is 9.74. The number of benzene rings is 2. The number of aromatic hydroxyl groups is 1. The number of hydrogen-bond donors (Lipinski definition) is 2. The second-order valence-electron chi connectivity index (χ2n) is 5.90. The van der Waals surface area contributed by atoms with Gasteiger partial charge in [0.2, 0.25) is 0 Å². The van der Waals surface area contributed by atoms with Crippen LogP contribution in [0.3, 0.4) is 0 Å². The van der Waals surface area contributed by atoms with Crippen molar-refractivity contribution in [3.8, 4) is 11.5 Å². The average Bonchev–Trinajstić information content (AvgIpc) is 2.44. The van der Waals surface area contributed by atoms with Gasteiger partial charge in [-0.3, -0.25) is 0 Å². The quantitative estimate of drug-likeness (QED) is 0.835.